The second kappa shape index (κ2) is 6.67. The van der Waals surface area contributed by atoms with Gasteiger partial charge in [0.2, 0.25) is 5.91 Å². The second-order valence-corrected chi connectivity index (χ2v) is 6.02. The molecule has 2 rings (SSSR count). The summed E-state index contributed by atoms with van der Waals surface area (Å²) in [5.41, 5.74) is 1.05. The van der Waals surface area contributed by atoms with Crippen LogP contribution in [0.3, 0.4) is 0 Å². The van der Waals surface area contributed by atoms with Gasteiger partial charge in [0.15, 0.2) is 0 Å². The van der Waals surface area contributed by atoms with E-state index in [1.807, 2.05) is 24.3 Å². The number of amides is 1. The molecule has 2 atom stereocenters. The van der Waals surface area contributed by atoms with E-state index in [1.165, 1.54) is 0 Å². The van der Waals surface area contributed by atoms with E-state index in [0.29, 0.717) is 19.6 Å². The Hall–Kier alpha value is -0.950. The number of nitrogens with zero attached hydrogens (tertiary/aromatic N) is 2. The van der Waals surface area contributed by atoms with E-state index >= 15 is 0 Å². The predicted molar refractivity (Wildman–Crippen MR) is 79.1 cm³/mol. The molecule has 0 radical (unpaired) electrons. The smallest absolute Gasteiger partial charge is 0.236 e. The average molecular weight is 343 g/mol. The number of benzene rings is 1. The van der Waals surface area contributed by atoms with E-state index in [0.717, 1.165) is 10.0 Å². The van der Waals surface area contributed by atoms with E-state index in [4.69, 9.17) is 0 Å². The van der Waals surface area contributed by atoms with E-state index in [9.17, 15) is 15.0 Å². The number of hydrogen-bond donors (Lipinski definition) is 2. The monoisotopic (exact) mass is 342 g/mol. The zero-order chi connectivity index (χ0) is 14.7. The normalized spacial score (nSPS) is 23.0. The van der Waals surface area contributed by atoms with Crippen molar-refractivity contribution < 1.29 is 15.0 Å². The van der Waals surface area contributed by atoms with E-state index in [2.05, 4.69) is 15.9 Å². The molecular weight excluding hydrogens is 324 g/mol. The van der Waals surface area contributed by atoms with Crippen LogP contribution in [-0.2, 0) is 11.3 Å². The summed E-state index contributed by atoms with van der Waals surface area (Å²) >= 11 is 3.46. The van der Waals surface area contributed by atoms with Gasteiger partial charge in [-0.25, -0.2) is 0 Å². The van der Waals surface area contributed by atoms with Gasteiger partial charge in [0.25, 0.3) is 0 Å². The lowest BCUT2D eigenvalue weighted by Crippen LogP contribution is -2.37. The minimum Gasteiger partial charge on any atom is -0.389 e. The van der Waals surface area contributed by atoms with Gasteiger partial charge in [-0.3, -0.25) is 9.69 Å². The zero-order valence-electron chi connectivity index (χ0n) is 11.4. The number of likely N-dealkylation sites (N-methyl/N-ethyl adjacent to an activating group) is 1. The quantitative estimate of drug-likeness (QED) is 0.833. The van der Waals surface area contributed by atoms with Gasteiger partial charge in [-0.15, -0.1) is 0 Å². The third-order valence-corrected chi connectivity index (χ3v) is 4.26. The van der Waals surface area contributed by atoms with Crippen LogP contribution in [0.5, 0.6) is 0 Å². The highest BCUT2D eigenvalue weighted by atomic mass is 79.9. The summed E-state index contributed by atoms with van der Waals surface area (Å²) in [6.45, 7) is 1.43. The highest BCUT2D eigenvalue weighted by Crippen LogP contribution is 2.17. The summed E-state index contributed by atoms with van der Waals surface area (Å²) < 4.78 is 0.978. The lowest BCUT2D eigenvalue weighted by molar-refractivity contribution is -0.131. The molecule has 110 valence electrons. The van der Waals surface area contributed by atoms with Crippen LogP contribution in [0.25, 0.3) is 0 Å². The van der Waals surface area contributed by atoms with Crippen molar-refractivity contribution in [1.82, 2.24) is 9.80 Å². The van der Waals surface area contributed by atoms with Crippen molar-refractivity contribution in [3.8, 4) is 0 Å². The Kier molecular flexibility index (Phi) is 5.15. The van der Waals surface area contributed by atoms with Gasteiger partial charge in [-0.05, 0) is 11.6 Å². The Labute approximate surface area is 126 Å². The minimum atomic E-state index is -0.753. The first-order valence-corrected chi connectivity index (χ1v) is 7.32. The molecule has 0 aromatic heterocycles. The van der Waals surface area contributed by atoms with Crippen molar-refractivity contribution in [1.29, 1.82) is 0 Å². The van der Waals surface area contributed by atoms with Gasteiger partial charge in [-0.2, -0.15) is 0 Å². The molecule has 0 spiro atoms. The van der Waals surface area contributed by atoms with Gasteiger partial charge in [0, 0.05) is 31.2 Å². The molecule has 1 aliphatic rings. The molecule has 1 aromatic carbocycles. The molecule has 1 aromatic rings. The van der Waals surface area contributed by atoms with Crippen molar-refractivity contribution in [3.63, 3.8) is 0 Å². The van der Waals surface area contributed by atoms with E-state index < -0.39 is 12.2 Å². The molecule has 0 unspecified atom stereocenters. The molecule has 1 heterocycles. The van der Waals surface area contributed by atoms with Crippen molar-refractivity contribution in [2.75, 3.05) is 26.7 Å². The maximum atomic E-state index is 12.1. The zero-order valence-corrected chi connectivity index (χ0v) is 13.0. The highest BCUT2D eigenvalue weighted by molar-refractivity contribution is 9.10. The standard InChI is InChI=1S/C14H19BrN2O3/c1-16(6-10-4-2-3-5-11(10)15)14(20)9-17-7-12(18)13(19)8-17/h2-5,12-13,18-19H,6-9H2,1H3/t12-,13+. The second-order valence-electron chi connectivity index (χ2n) is 5.17. The Bertz CT molecular complexity index is 473. The summed E-state index contributed by atoms with van der Waals surface area (Å²) in [7, 11) is 1.75. The summed E-state index contributed by atoms with van der Waals surface area (Å²) in [5.74, 6) is -0.0259. The van der Waals surface area contributed by atoms with Crippen LogP contribution in [0.1, 0.15) is 5.56 Å². The number of carbonyl (C=O) groups is 1. The van der Waals surface area contributed by atoms with Gasteiger partial charge in [0.1, 0.15) is 0 Å². The molecule has 6 heteroatoms. The van der Waals surface area contributed by atoms with Crippen LogP contribution >= 0.6 is 15.9 Å². The summed E-state index contributed by atoms with van der Waals surface area (Å²) in [6.07, 6.45) is -1.51. The number of carbonyl (C=O) groups excluding carboxylic acids is 1. The first-order chi connectivity index (χ1) is 9.47. The molecule has 0 saturated carbocycles. The van der Waals surface area contributed by atoms with Crippen LogP contribution in [0.4, 0.5) is 0 Å². The van der Waals surface area contributed by atoms with Crippen LogP contribution in [0, 0.1) is 0 Å². The Balaban J connectivity index is 1.88. The average Bonchev–Trinajstić information content (AvgIpc) is 2.71. The first kappa shape index (κ1) is 15.4. The van der Waals surface area contributed by atoms with Crippen molar-refractivity contribution in [2.24, 2.45) is 0 Å². The largest absolute Gasteiger partial charge is 0.389 e. The predicted octanol–water partition coefficient (Wildman–Crippen LogP) is 0.445. The maximum absolute atomic E-state index is 12.1. The lowest BCUT2D eigenvalue weighted by atomic mass is 10.2. The number of likely N-dealkylation sites (tertiary alicyclic amines) is 1. The maximum Gasteiger partial charge on any atom is 0.236 e. The topological polar surface area (TPSA) is 64.0 Å². The van der Waals surface area contributed by atoms with Crippen molar-refractivity contribution in [3.05, 3.63) is 34.3 Å². The van der Waals surface area contributed by atoms with Crippen LogP contribution in [-0.4, -0.2) is 64.8 Å². The fourth-order valence-electron chi connectivity index (χ4n) is 2.26. The number of β-amino-alcohol motifs (C(OH)–C–C–N with tert-alkyl or cyclic N) is 2. The van der Waals surface area contributed by atoms with Crippen molar-refractivity contribution in [2.45, 2.75) is 18.8 Å². The minimum absolute atomic E-state index is 0.0259. The first-order valence-electron chi connectivity index (χ1n) is 6.53. The summed E-state index contributed by atoms with van der Waals surface area (Å²) in [6, 6.07) is 7.78. The van der Waals surface area contributed by atoms with Gasteiger partial charge in [0.05, 0.1) is 18.8 Å². The molecule has 0 bridgehead atoms. The van der Waals surface area contributed by atoms with Crippen LogP contribution in [0.15, 0.2) is 28.7 Å². The molecule has 1 amide bonds. The number of aliphatic hydroxyl groups is 2. The SMILES string of the molecule is CN(Cc1ccccc1Br)C(=O)CN1C[C@@H](O)[C@@H](O)C1. The summed E-state index contributed by atoms with van der Waals surface area (Å²) in [5, 5.41) is 18.9. The summed E-state index contributed by atoms with van der Waals surface area (Å²) in [4.78, 5) is 15.6. The third-order valence-electron chi connectivity index (χ3n) is 3.48. The molecule has 0 aliphatic carbocycles. The molecule has 1 saturated heterocycles. The molecule has 1 fully saturated rings. The Morgan fingerprint density at radius 3 is 2.55 bits per heavy atom. The number of hydrogen-bond acceptors (Lipinski definition) is 4. The van der Waals surface area contributed by atoms with E-state index in [-0.39, 0.29) is 12.5 Å². The highest BCUT2D eigenvalue weighted by Gasteiger charge is 2.31. The lowest BCUT2D eigenvalue weighted by Gasteiger charge is -2.21. The van der Waals surface area contributed by atoms with Gasteiger partial charge >= 0.3 is 0 Å². The van der Waals surface area contributed by atoms with E-state index in [1.54, 1.807) is 16.8 Å². The Morgan fingerprint density at radius 1 is 1.35 bits per heavy atom. The third kappa shape index (κ3) is 3.79. The number of rotatable bonds is 4. The molecule has 2 N–H and O–H groups in total. The van der Waals surface area contributed by atoms with Crippen LogP contribution in [0.2, 0.25) is 0 Å². The Morgan fingerprint density at radius 2 is 1.95 bits per heavy atom. The fourth-order valence-corrected chi connectivity index (χ4v) is 2.67. The van der Waals surface area contributed by atoms with Crippen molar-refractivity contribution >= 4 is 21.8 Å². The molecule has 1 aliphatic heterocycles. The van der Waals surface area contributed by atoms with Gasteiger partial charge < -0.3 is 15.1 Å². The molecular formula is C14H19BrN2O3. The van der Waals surface area contributed by atoms with Gasteiger partial charge in [-0.1, -0.05) is 34.1 Å². The number of halogens is 1. The van der Waals surface area contributed by atoms with Crippen LogP contribution < -0.4 is 0 Å². The number of aliphatic hydroxyl groups excluding tert-OH is 2. The molecule has 20 heavy (non-hydrogen) atoms. The fraction of sp³-hybridized carbons (Fsp3) is 0.500. The molecule has 5 nitrogen and oxygen atoms in total.